The van der Waals surface area contributed by atoms with Gasteiger partial charge in [-0.1, -0.05) is 36.2 Å². The molecule has 5 heteroatoms. The van der Waals surface area contributed by atoms with E-state index in [1.54, 1.807) is 18.2 Å². The Labute approximate surface area is 135 Å². The molecule has 2 N–H and O–H groups in total. The molecule has 1 saturated carbocycles. The zero-order valence-electron chi connectivity index (χ0n) is 12.2. The molecule has 0 aliphatic heterocycles. The molecular weight excluding hydrogens is 309 g/mol. The van der Waals surface area contributed by atoms with Crippen LogP contribution >= 0.6 is 23.2 Å². The highest BCUT2D eigenvalue weighted by Gasteiger charge is 2.34. The van der Waals surface area contributed by atoms with Gasteiger partial charge < -0.3 is 10.4 Å². The first-order chi connectivity index (χ1) is 9.94. The molecule has 3 nitrogen and oxygen atoms in total. The summed E-state index contributed by atoms with van der Waals surface area (Å²) in [6, 6.07) is 5.19. The maximum absolute atomic E-state index is 12.2. The maximum atomic E-state index is 12.2. The van der Waals surface area contributed by atoms with Crippen LogP contribution in [-0.4, -0.2) is 23.2 Å². The first kappa shape index (κ1) is 16.6. The van der Waals surface area contributed by atoms with Crippen LogP contribution in [0, 0.1) is 5.92 Å². The van der Waals surface area contributed by atoms with Crippen molar-refractivity contribution in [3.8, 4) is 0 Å². The average molecular weight is 330 g/mol. The van der Waals surface area contributed by atoms with Crippen molar-refractivity contribution >= 4 is 29.1 Å². The molecule has 2 rings (SSSR count). The summed E-state index contributed by atoms with van der Waals surface area (Å²) < 4.78 is 0. The zero-order valence-corrected chi connectivity index (χ0v) is 13.7. The molecule has 0 bridgehead atoms. The Balaban J connectivity index is 1.98. The fourth-order valence-corrected chi connectivity index (χ4v) is 3.13. The van der Waals surface area contributed by atoms with Gasteiger partial charge in [0.1, 0.15) is 0 Å². The Morgan fingerprint density at radius 3 is 2.57 bits per heavy atom. The molecule has 116 valence electrons. The molecule has 1 fully saturated rings. The van der Waals surface area contributed by atoms with Crippen molar-refractivity contribution in [1.29, 1.82) is 0 Å². The third-order valence-electron chi connectivity index (χ3n) is 4.29. The van der Waals surface area contributed by atoms with Crippen LogP contribution in [0.1, 0.15) is 38.2 Å². The van der Waals surface area contributed by atoms with Crippen molar-refractivity contribution in [3.05, 3.63) is 33.8 Å². The summed E-state index contributed by atoms with van der Waals surface area (Å²) in [6.07, 6.45) is 3.98. The molecule has 1 aromatic rings. The van der Waals surface area contributed by atoms with Crippen molar-refractivity contribution < 1.29 is 9.90 Å². The number of aliphatic hydroxyl groups excluding tert-OH is 1. The smallest absolute Gasteiger partial charge is 0.224 e. The molecule has 0 radical (unpaired) electrons. The van der Waals surface area contributed by atoms with Gasteiger partial charge in [0, 0.05) is 0 Å². The van der Waals surface area contributed by atoms with Crippen LogP contribution in [-0.2, 0) is 11.2 Å². The number of carbonyl (C=O) groups is 1. The van der Waals surface area contributed by atoms with Crippen LogP contribution in [0.15, 0.2) is 18.2 Å². The summed E-state index contributed by atoms with van der Waals surface area (Å²) >= 11 is 11.8. The van der Waals surface area contributed by atoms with Crippen LogP contribution < -0.4 is 5.32 Å². The van der Waals surface area contributed by atoms with Gasteiger partial charge in [0.05, 0.1) is 28.6 Å². The molecule has 21 heavy (non-hydrogen) atoms. The second-order valence-electron chi connectivity index (χ2n) is 6.09. The van der Waals surface area contributed by atoms with Gasteiger partial charge in [-0.3, -0.25) is 4.79 Å². The van der Waals surface area contributed by atoms with E-state index in [1.165, 1.54) is 0 Å². The van der Waals surface area contributed by atoms with E-state index in [9.17, 15) is 9.90 Å². The lowest BCUT2D eigenvalue weighted by Gasteiger charge is -2.38. The fraction of sp³-hybridized carbons (Fsp3) is 0.562. The van der Waals surface area contributed by atoms with Crippen molar-refractivity contribution in [2.75, 3.05) is 6.61 Å². The lowest BCUT2D eigenvalue weighted by molar-refractivity contribution is -0.123. The third kappa shape index (κ3) is 4.35. The zero-order chi connectivity index (χ0) is 15.5. The number of halogens is 2. The summed E-state index contributed by atoms with van der Waals surface area (Å²) in [5, 5.41) is 13.6. The lowest BCUT2D eigenvalue weighted by atomic mass is 9.77. The number of hydrogen-bond donors (Lipinski definition) is 2. The molecule has 0 saturated heterocycles. The van der Waals surface area contributed by atoms with E-state index in [1.807, 2.05) is 0 Å². The minimum Gasteiger partial charge on any atom is -0.394 e. The molecule has 0 spiro atoms. The summed E-state index contributed by atoms with van der Waals surface area (Å²) in [5.74, 6) is 0.577. The highest BCUT2D eigenvalue weighted by Crippen LogP contribution is 2.31. The van der Waals surface area contributed by atoms with Gasteiger partial charge in [-0.15, -0.1) is 0 Å². The number of nitrogens with one attached hydrogen (secondary N) is 1. The van der Waals surface area contributed by atoms with E-state index in [4.69, 9.17) is 23.2 Å². The Kier molecular flexibility index (Phi) is 5.53. The van der Waals surface area contributed by atoms with Crippen molar-refractivity contribution in [2.24, 2.45) is 5.92 Å². The molecule has 1 aromatic carbocycles. The molecule has 0 heterocycles. The van der Waals surface area contributed by atoms with Gasteiger partial charge in [-0.2, -0.15) is 0 Å². The Bertz CT molecular complexity index is 511. The molecule has 1 aliphatic carbocycles. The second kappa shape index (κ2) is 6.99. The van der Waals surface area contributed by atoms with Crippen LogP contribution in [0.3, 0.4) is 0 Å². The lowest BCUT2D eigenvalue weighted by Crippen LogP contribution is -2.53. The highest BCUT2D eigenvalue weighted by atomic mass is 35.5. The number of hydrogen-bond acceptors (Lipinski definition) is 2. The average Bonchev–Trinajstić information content (AvgIpc) is 2.46. The van der Waals surface area contributed by atoms with Gasteiger partial charge in [-0.05, 0) is 49.3 Å². The molecular formula is C16H21Cl2NO2. The predicted molar refractivity (Wildman–Crippen MR) is 85.8 cm³/mol. The third-order valence-corrected chi connectivity index (χ3v) is 5.03. The summed E-state index contributed by atoms with van der Waals surface area (Å²) in [4.78, 5) is 12.2. The summed E-state index contributed by atoms with van der Waals surface area (Å²) in [5.41, 5.74) is 0.360. The second-order valence-corrected chi connectivity index (χ2v) is 6.91. The quantitative estimate of drug-likeness (QED) is 0.886. The van der Waals surface area contributed by atoms with Crippen LogP contribution in [0.5, 0.6) is 0 Å². The minimum atomic E-state index is -0.459. The summed E-state index contributed by atoms with van der Waals surface area (Å²) in [6.45, 7) is 2.20. The van der Waals surface area contributed by atoms with E-state index >= 15 is 0 Å². The van der Waals surface area contributed by atoms with Gasteiger partial charge >= 0.3 is 0 Å². The highest BCUT2D eigenvalue weighted by molar-refractivity contribution is 6.42. The van der Waals surface area contributed by atoms with Gasteiger partial charge in [0.25, 0.3) is 0 Å². The monoisotopic (exact) mass is 329 g/mol. The molecule has 0 aromatic heterocycles. The molecule has 0 unspecified atom stereocenters. The Morgan fingerprint density at radius 1 is 1.33 bits per heavy atom. The van der Waals surface area contributed by atoms with E-state index in [2.05, 4.69) is 12.2 Å². The Hall–Kier alpha value is -0.770. The van der Waals surface area contributed by atoms with Crippen molar-refractivity contribution in [1.82, 2.24) is 5.32 Å². The predicted octanol–water partition coefficient (Wildman–Crippen LogP) is 3.59. The number of carbonyl (C=O) groups excluding carboxylic acids is 1. The molecule has 0 atom stereocenters. The maximum Gasteiger partial charge on any atom is 0.224 e. The largest absolute Gasteiger partial charge is 0.394 e. The topological polar surface area (TPSA) is 49.3 Å². The number of amides is 1. The Morgan fingerprint density at radius 2 is 2.00 bits per heavy atom. The molecule has 1 aliphatic rings. The first-order valence-electron chi connectivity index (χ1n) is 7.30. The van der Waals surface area contributed by atoms with Crippen LogP contribution in [0.25, 0.3) is 0 Å². The van der Waals surface area contributed by atoms with E-state index in [-0.39, 0.29) is 18.9 Å². The van der Waals surface area contributed by atoms with E-state index < -0.39 is 5.54 Å². The van der Waals surface area contributed by atoms with Gasteiger partial charge in [0.2, 0.25) is 5.91 Å². The normalized spacial score (nSPS) is 25.6. The fourth-order valence-electron chi connectivity index (χ4n) is 2.81. The standard InChI is InChI=1S/C16H21Cl2NO2/c1-11-4-6-16(10-20,7-5-11)19-15(21)9-12-2-3-13(17)14(18)8-12/h2-3,8,11,20H,4-7,9-10H2,1H3,(H,19,21). The van der Waals surface area contributed by atoms with E-state index in [0.29, 0.717) is 16.0 Å². The molecule has 1 amide bonds. The van der Waals surface area contributed by atoms with Gasteiger partial charge in [0.15, 0.2) is 0 Å². The van der Waals surface area contributed by atoms with Crippen LogP contribution in [0.2, 0.25) is 10.0 Å². The van der Waals surface area contributed by atoms with Gasteiger partial charge in [-0.25, -0.2) is 0 Å². The minimum absolute atomic E-state index is 0.00711. The number of rotatable bonds is 4. The van der Waals surface area contributed by atoms with Crippen LogP contribution in [0.4, 0.5) is 0 Å². The van der Waals surface area contributed by atoms with Crippen molar-refractivity contribution in [2.45, 2.75) is 44.6 Å². The first-order valence-corrected chi connectivity index (χ1v) is 8.05. The van der Waals surface area contributed by atoms with E-state index in [0.717, 1.165) is 31.2 Å². The summed E-state index contributed by atoms with van der Waals surface area (Å²) in [7, 11) is 0. The number of benzene rings is 1. The SMILES string of the molecule is CC1CCC(CO)(NC(=O)Cc2ccc(Cl)c(Cl)c2)CC1. The number of aliphatic hydroxyl groups is 1. The van der Waals surface area contributed by atoms with Crippen molar-refractivity contribution in [3.63, 3.8) is 0 Å².